The predicted molar refractivity (Wildman–Crippen MR) is 101 cm³/mol. The number of aryl methyl sites for hydroxylation is 1. The molecule has 0 aromatic heterocycles. The van der Waals surface area contributed by atoms with Crippen molar-refractivity contribution in [1.29, 1.82) is 0 Å². The molecule has 1 aliphatic heterocycles. The third-order valence-corrected chi connectivity index (χ3v) is 5.97. The summed E-state index contributed by atoms with van der Waals surface area (Å²) in [6.07, 6.45) is 0. The molecule has 0 radical (unpaired) electrons. The zero-order valence-corrected chi connectivity index (χ0v) is 22.9. The number of azo groups is 1. The molecule has 14 heteroatoms. The fourth-order valence-corrected chi connectivity index (χ4v) is 4.10. The minimum Gasteiger partial charge on any atom is -0.744 e. The van der Waals surface area contributed by atoms with E-state index in [4.69, 9.17) is 4.74 Å². The molecule has 2 aromatic carbocycles. The van der Waals surface area contributed by atoms with Gasteiger partial charge in [-0.3, -0.25) is 0 Å². The van der Waals surface area contributed by atoms with E-state index in [-0.39, 0.29) is 91.1 Å². The van der Waals surface area contributed by atoms with Crippen molar-refractivity contribution >= 4 is 37.3 Å². The van der Waals surface area contributed by atoms with Crippen LogP contribution >= 0.6 is 0 Å². The normalized spacial score (nSPS) is 14.7. The van der Waals surface area contributed by atoms with E-state index < -0.39 is 35.7 Å². The van der Waals surface area contributed by atoms with Gasteiger partial charge in [0.1, 0.15) is 25.9 Å². The van der Waals surface area contributed by atoms with E-state index in [9.17, 15) is 25.9 Å². The van der Waals surface area contributed by atoms with Gasteiger partial charge in [-0.05, 0) is 31.2 Å². The average molecular weight is 485 g/mol. The number of hydrogen-bond donors (Lipinski definition) is 0. The molecule has 0 amide bonds. The van der Waals surface area contributed by atoms with Crippen LogP contribution in [0.5, 0.6) is 0 Å². The second kappa shape index (κ2) is 11.7. The van der Waals surface area contributed by atoms with E-state index in [0.717, 1.165) is 17.7 Å². The van der Waals surface area contributed by atoms with Crippen LogP contribution in [0.4, 0.5) is 17.1 Å². The van der Waals surface area contributed by atoms with E-state index in [0.29, 0.717) is 5.69 Å². The van der Waals surface area contributed by atoms with E-state index in [2.05, 4.69) is 10.2 Å². The fourth-order valence-electron chi connectivity index (χ4n) is 2.79. The first-order chi connectivity index (χ1) is 13.6. The van der Waals surface area contributed by atoms with Gasteiger partial charge in [0.25, 0.3) is 0 Å². The predicted octanol–water partition coefficient (Wildman–Crippen LogP) is -3.94. The molecular weight excluding hydrogens is 468 g/mol. The van der Waals surface area contributed by atoms with Gasteiger partial charge in [0.2, 0.25) is 0 Å². The average Bonchev–Trinajstić information content (AvgIpc) is 2.66. The van der Waals surface area contributed by atoms with Gasteiger partial charge in [-0.15, -0.1) is 5.11 Å². The van der Waals surface area contributed by atoms with E-state index in [1.54, 1.807) is 24.3 Å². The summed E-state index contributed by atoms with van der Waals surface area (Å²) in [6.45, 7) is 2.83. The Morgan fingerprint density at radius 3 is 1.94 bits per heavy atom. The monoisotopic (exact) mass is 485 g/mol. The molecule has 0 atom stereocenters. The zero-order chi connectivity index (χ0) is 21.2. The SMILES string of the molecule is Cc1ccc(N=Nc2cc(S(=O)(=O)[O-])c(N3CCOCC3)cc2S(=O)(=O)[O-])cc1.[Na+].[Na+]. The topological polar surface area (TPSA) is 152 Å². The van der Waals surface area contributed by atoms with Crippen molar-refractivity contribution in [2.24, 2.45) is 10.2 Å². The first-order valence-corrected chi connectivity index (χ1v) is 11.3. The largest absolute Gasteiger partial charge is 1.00 e. The maximum absolute atomic E-state index is 11.8. The number of anilines is 1. The molecule has 0 N–H and O–H groups in total. The summed E-state index contributed by atoms with van der Waals surface area (Å²) < 4.78 is 75.9. The van der Waals surface area contributed by atoms with E-state index in [1.165, 1.54) is 4.90 Å². The van der Waals surface area contributed by atoms with Crippen LogP contribution in [0.3, 0.4) is 0 Å². The number of rotatable bonds is 5. The van der Waals surface area contributed by atoms with Gasteiger partial charge in [-0.25, -0.2) is 16.8 Å². The standard InChI is InChI=1S/C17H19N3O7S2.2Na/c1-12-2-4-13(5-3-12)18-19-14-10-17(29(24,25)26)15(11-16(14)28(21,22)23)20-6-8-27-9-7-20;;/h2-5,10-11H,6-9H2,1H3,(H,21,22,23)(H,24,25,26);;/q;2*+1/p-2. The second-order valence-electron chi connectivity index (χ2n) is 6.33. The minimum atomic E-state index is -5.03. The molecule has 31 heavy (non-hydrogen) atoms. The first kappa shape index (κ1) is 28.7. The third kappa shape index (κ3) is 7.57. The Morgan fingerprint density at radius 1 is 0.871 bits per heavy atom. The Balaban J connectivity index is 0.00000240. The molecule has 10 nitrogen and oxygen atoms in total. The summed E-state index contributed by atoms with van der Waals surface area (Å²) in [7, 11) is -10.0. The Kier molecular flexibility index (Phi) is 10.8. The number of hydrogen-bond acceptors (Lipinski definition) is 10. The molecule has 0 unspecified atom stereocenters. The van der Waals surface area contributed by atoms with Gasteiger partial charge in [0.15, 0.2) is 0 Å². The van der Waals surface area contributed by atoms with Crippen LogP contribution in [0.1, 0.15) is 5.56 Å². The quantitative estimate of drug-likeness (QED) is 0.237. The van der Waals surface area contributed by atoms with Crippen LogP contribution in [-0.4, -0.2) is 52.2 Å². The number of morpholine rings is 1. The number of nitrogens with zero attached hydrogens (tertiary/aromatic N) is 3. The molecule has 0 spiro atoms. The summed E-state index contributed by atoms with van der Waals surface area (Å²) in [5.41, 5.74) is 0.619. The Hall–Kier alpha value is -0.380. The van der Waals surface area contributed by atoms with Gasteiger partial charge in [-0.1, -0.05) is 17.7 Å². The molecule has 0 saturated carbocycles. The third-order valence-electron chi connectivity index (χ3n) is 4.24. The molecule has 1 heterocycles. The van der Waals surface area contributed by atoms with Crippen molar-refractivity contribution in [2.75, 3.05) is 31.2 Å². The molecule has 0 bridgehead atoms. The van der Waals surface area contributed by atoms with Gasteiger partial charge in [0.05, 0.1) is 34.4 Å². The smallest absolute Gasteiger partial charge is 0.744 e. The molecule has 3 rings (SSSR count). The second-order valence-corrected chi connectivity index (χ2v) is 9.03. The molecule has 0 aliphatic carbocycles. The molecule has 2 aromatic rings. The maximum Gasteiger partial charge on any atom is 1.00 e. The van der Waals surface area contributed by atoms with Crippen molar-refractivity contribution < 1.29 is 89.8 Å². The van der Waals surface area contributed by atoms with Crippen LogP contribution in [0.25, 0.3) is 0 Å². The van der Waals surface area contributed by atoms with Crippen LogP contribution in [-0.2, 0) is 25.0 Å². The molecule has 1 aliphatic rings. The van der Waals surface area contributed by atoms with Crippen LogP contribution < -0.4 is 64.0 Å². The van der Waals surface area contributed by atoms with Crippen molar-refractivity contribution in [3.8, 4) is 0 Å². The van der Waals surface area contributed by atoms with Crippen LogP contribution in [0.15, 0.2) is 56.4 Å². The van der Waals surface area contributed by atoms with Gasteiger partial charge < -0.3 is 18.7 Å². The van der Waals surface area contributed by atoms with Crippen molar-refractivity contribution in [1.82, 2.24) is 0 Å². The molecular formula is C17H17N3Na2O7S2. The molecule has 1 fully saturated rings. The van der Waals surface area contributed by atoms with Crippen LogP contribution in [0, 0.1) is 6.92 Å². The van der Waals surface area contributed by atoms with E-state index in [1.807, 2.05) is 6.92 Å². The Morgan fingerprint density at radius 2 is 1.42 bits per heavy atom. The van der Waals surface area contributed by atoms with Crippen molar-refractivity contribution in [3.05, 3.63) is 42.0 Å². The van der Waals surface area contributed by atoms with Gasteiger partial charge in [-0.2, -0.15) is 5.11 Å². The summed E-state index contributed by atoms with van der Waals surface area (Å²) in [5.74, 6) is 0. The van der Waals surface area contributed by atoms with Crippen molar-refractivity contribution in [2.45, 2.75) is 16.7 Å². The number of ether oxygens (including phenoxy) is 1. The fraction of sp³-hybridized carbons (Fsp3) is 0.294. The minimum absolute atomic E-state index is 0. The Labute approximate surface area is 225 Å². The Bertz CT molecular complexity index is 1150. The summed E-state index contributed by atoms with van der Waals surface area (Å²) in [5, 5.41) is 7.58. The molecule has 1 saturated heterocycles. The summed E-state index contributed by atoms with van der Waals surface area (Å²) in [4.78, 5) is 0.0380. The van der Waals surface area contributed by atoms with Crippen molar-refractivity contribution in [3.63, 3.8) is 0 Å². The maximum atomic E-state index is 11.8. The van der Waals surface area contributed by atoms with Crippen LogP contribution in [0.2, 0.25) is 0 Å². The summed E-state index contributed by atoms with van der Waals surface area (Å²) in [6, 6.07) is 8.34. The first-order valence-electron chi connectivity index (χ1n) is 8.46. The van der Waals surface area contributed by atoms with E-state index >= 15 is 0 Å². The zero-order valence-electron chi connectivity index (χ0n) is 17.3. The number of benzene rings is 2. The summed E-state index contributed by atoms with van der Waals surface area (Å²) >= 11 is 0. The van der Waals surface area contributed by atoms with Gasteiger partial charge in [0, 0.05) is 13.1 Å². The van der Waals surface area contributed by atoms with Gasteiger partial charge >= 0.3 is 59.1 Å². The molecule has 156 valence electrons.